The first kappa shape index (κ1) is 35.9. The Labute approximate surface area is 373 Å². The monoisotopic (exact) mass is 821 g/mol. The van der Waals surface area contributed by atoms with E-state index in [1.54, 1.807) is 0 Å². The number of benzene rings is 9. The molecule has 0 unspecified atom stereocenters. The highest BCUT2D eigenvalue weighted by molar-refractivity contribution is 5.96. The number of hydrogen-bond donors (Lipinski definition) is 0. The summed E-state index contributed by atoms with van der Waals surface area (Å²) in [6, 6.07) is 69.4. The Hall–Kier alpha value is -7.62. The second-order valence-corrected chi connectivity index (χ2v) is 19.2. The summed E-state index contributed by atoms with van der Waals surface area (Å²) < 4.78 is 13.9. The van der Waals surface area contributed by atoms with Gasteiger partial charge >= 0.3 is 0 Å². The lowest BCUT2D eigenvalue weighted by molar-refractivity contribution is 0.359. The Morgan fingerprint density at radius 3 is 1.16 bits per heavy atom. The van der Waals surface area contributed by atoms with Crippen LogP contribution in [0.3, 0.4) is 0 Å². The largest absolute Gasteiger partial charge is 0.449 e. The van der Waals surface area contributed by atoms with Crippen LogP contribution in [-0.4, -0.2) is 0 Å². The molecule has 4 aliphatic carbocycles. The molecule has 0 N–H and O–H groups in total. The highest BCUT2D eigenvalue weighted by Gasteiger charge is 2.52. The van der Waals surface area contributed by atoms with Crippen molar-refractivity contribution in [3.8, 4) is 67.5 Å². The van der Waals surface area contributed by atoms with Gasteiger partial charge < -0.3 is 14.4 Å². The lowest BCUT2D eigenvalue weighted by atomic mass is 9.70. The first-order valence-corrected chi connectivity index (χ1v) is 22.5. The Morgan fingerprint density at radius 1 is 0.281 bits per heavy atom. The molecule has 0 fully saturated rings. The summed E-state index contributed by atoms with van der Waals surface area (Å²) in [6.07, 6.45) is 0. The molecule has 14 rings (SSSR count). The molecule has 3 nitrogen and oxygen atoms in total. The molecular formula is C61H43NO2. The molecule has 304 valence electrons. The predicted octanol–water partition coefficient (Wildman–Crippen LogP) is 16.0. The average Bonchev–Trinajstić information content (AvgIpc) is 3.95. The number of hydrogen-bond acceptors (Lipinski definition) is 3. The van der Waals surface area contributed by atoms with Crippen LogP contribution >= 0.6 is 0 Å². The zero-order valence-corrected chi connectivity index (χ0v) is 36.2. The topological polar surface area (TPSA) is 21.7 Å². The predicted molar refractivity (Wildman–Crippen MR) is 259 cm³/mol. The molecule has 0 saturated carbocycles. The highest BCUT2D eigenvalue weighted by atomic mass is 16.6. The van der Waals surface area contributed by atoms with Crippen molar-refractivity contribution >= 4 is 17.1 Å². The molecule has 5 aliphatic rings. The van der Waals surface area contributed by atoms with Crippen molar-refractivity contribution in [2.45, 2.75) is 43.9 Å². The van der Waals surface area contributed by atoms with Gasteiger partial charge in [-0.1, -0.05) is 161 Å². The maximum absolute atomic E-state index is 7.09. The van der Waals surface area contributed by atoms with Crippen molar-refractivity contribution in [1.29, 1.82) is 0 Å². The van der Waals surface area contributed by atoms with Crippen LogP contribution in [0.1, 0.15) is 72.2 Å². The third kappa shape index (κ3) is 4.46. The molecule has 0 radical (unpaired) electrons. The van der Waals surface area contributed by atoms with E-state index in [1.807, 2.05) is 0 Å². The standard InChI is InChI=1S/C61H43NO2/c1-59(2)47-20-10-5-15-39(47)44-28-25-36(31-52(44)59)62(37-26-29-45-40-16-6-11-21-48(40)60(3,4)53(45)32-37)38-27-30-55-56(33-38)64-58-35-54-46(34-57(58)63-55)43-19-9-14-24-51(43)61(54)49-22-12-7-17-41(49)42-18-8-13-23-50(42)61/h5-35H,1-4H3. The number of rotatable bonds is 3. The lowest BCUT2D eigenvalue weighted by Crippen LogP contribution is -2.25. The molecule has 0 saturated heterocycles. The lowest BCUT2D eigenvalue weighted by Gasteiger charge is -2.32. The number of nitrogens with zero attached hydrogens (tertiary/aromatic N) is 1. The molecular weight excluding hydrogens is 779 g/mol. The van der Waals surface area contributed by atoms with Gasteiger partial charge in [-0.3, -0.25) is 0 Å². The fourth-order valence-electron chi connectivity index (χ4n) is 12.4. The second kappa shape index (κ2) is 12.3. The Morgan fingerprint density at radius 2 is 0.641 bits per heavy atom. The van der Waals surface area contributed by atoms with Crippen molar-refractivity contribution in [3.63, 3.8) is 0 Å². The quantitative estimate of drug-likeness (QED) is 0.177. The van der Waals surface area contributed by atoms with E-state index < -0.39 is 5.41 Å². The van der Waals surface area contributed by atoms with E-state index >= 15 is 0 Å². The van der Waals surface area contributed by atoms with Crippen molar-refractivity contribution in [2.24, 2.45) is 0 Å². The summed E-state index contributed by atoms with van der Waals surface area (Å²) in [5.41, 5.74) is 23.1. The van der Waals surface area contributed by atoms with Gasteiger partial charge in [0.15, 0.2) is 23.0 Å². The van der Waals surface area contributed by atoms with Crippen LogP contribution in [0.2, 0.25) is 0 Å². The summed E-state index contributed by atoms with van der Waals surface area (Å²) in [6.45, 7) is 9.41. The van der Waals surface area contributed by atoms with E-state index in [-0.39, 0.29) is 10.8 Å². The maximum Gasteiger partial charge on any atom is 0.172 e. The van der Waals surface area contributed by atoms with Crippen molar-refractivity contribution in [2.75, 3.05) is 4.90 Å². The van der Waals surface area contributed by atoms with E-state index in [1.165, 1.54) is 89.0 Å². The summed E-state index contributed by atoms with van der Waals surface area (Å²) in [5, 5.41) is 0. The van der Waals surface area contributed by atoms with Crippen LogP contribution in [0, 0.1) is 0 Å². The Balaban J connectivity index is 0.927. The van der Waals surface area contributed by atoms with Crippen molar-refractivity contribution < 1.29 is 9.47 Å². The Kier molecular flexibility index (Phi) is 6.90. The van der Waals surface area contributed by atoms with Gasteiger partial charge in [-0.15, -0.1) is 0 Å². The molecule has 9 aromatic carbocycles. The average molecular weight is 822 g/mol. The molecule has 64 heavy (non-hydrogen) atoms. The minimum Gasteiger partial charge on any atom is -0.449 e. The van der Waals surface area contributed by atoms with Crippen molar-refractivity contribution in [3.05, 3.63) is 233 Å². The molecule has 3 heteroatoms. The van der Waals surface area contributed by atoms with Gasteiger partial charge in [0.2, 0.25) is 0 Å². The molecule has 0 atom stereocenters. The first-order valence-electron chi connectivity index (χ1n) is 22.5. The number of fused-ring (bicyclic) bond motifs is 18. The zero-order chi connectivity index (χ0) is 42.7. The Bertz CT molecular complexity index is 3380. The van der Waals surface area contributed by atoms with Gasteiger partial charge in [-0.2, -0.15) is 0 Å². The third-order valence-corrected chi connectivity index (χ3v) is 15.3. The van der Waals surface area contributed by atoms with Gasteiger partial charge in [0.25, 0.3) is 0 Å². The van der Waals surface area contributed by atoms with Crippen LogP contribution in [0.4, 0.5) is 17.1 Å². The van der Waals surface area contributed by atoms with Crippen LogP contribution in [0.5, 0.6) is 23.0 Å². The summed E-state index contributed by atoms with van der Waals surface area (Å²) >= 11 is 0. The van der Waals surface area contributed by atoms with E-state index in [4.69, 9.17) is 9.47 Å². The number of anilines is 3. The fourth-order valence-corrected chi connectivity index (χ4v) is 12.4. The molecule has 1 spiro atoms. The maximum atomic E-state index is 7.09. The van der Waals surface area contributed by atoms with Crippen LogP contribution in [0.15, 0.2) is 188 Å². The van der Waals surface area contributed by atoms with E-state index in [0.717, 1.165) is 28.6 Å². The van der Waals surface area contributed by atoms with E-state index in [9.17, 15) is 0 Å². The molecule has 0 bridgehead atoms. The minimum absolute atomic E-state index is 0.149. The first-order chi connectivity index (χ1) is 31.2. The normalized spacial score (nSPS) is 15.8. The van der Waals surface area contributed by atoms with Gasteiger partial charge in [0, 0.05) is 28.3 Å². The van der Waals surface area contributed by atoms with Crippen molar-refractivity contribution in [1.82, 2.24) is 0 Å². The third-order valence-electron chi connectivity index (χ3n) is 15.3. The minimum atomic E-state index is -0.474. The van der Waals surface area contributed by atoms with E-state index in [2.05, 4.69) is 221 Å². The summed E-state index contributed by atoms with van der Waals surface area (Å²) in [4.78, 5) is 2.40. The van der Waals surface area contributed by atoms with Crippen LogP contribution in [0.25, 0.3) is 44.5 Å². The highest BCUT2D eigenvalue weighted by Crippen LogP contribution is 2.65. The van der Waals surface area contributed by atoms with E-state index in [0.29, 0.717) is 11.5 Å². The second-order valence-electron chi connectivity index (χ2n) is 19.2. The molecule has 0 amide bonds. The van der Waals surface area contributed by atoms with Crippen LogP contribution < -0.4 is 14.4 Å². The SMILES string of the molecule is CC1(C)c2ccccc2-c2ccc(N(c3ccc4c(c3)Oc3cc5c(cc3O4)-c3ccccc3C53c4ccccc4-c4ccccc43)c3ccc4c(c3)C(C)(C)c3ccccc3-4)cc21. The zero-order valence-electron chi connectivity index (χ0n) is 36.2. The fraction of sp³-hybridized carbons (Fsp3) is 0.115. The van der Waals surface area contributed by atoms with Crippen LogP contribution in [-0.2, 0) is 16.2 Å². The summed E-state index contributed by atoms with van der Waals surface area (Å²) in [7, 11) is 0. The van der Waals surface area contributed by atoms with Gasteiger partial charge in [-0.05, 0) is 138 Å². The summed E-state index contributed by atoms with van der Waals surface area (Å²) in [5.74, 6) is 2.83. The smallest absolute Gasteiger partial charge is 0.172 e. The van der Waals surface area contributed by atoms with Gasteiger partial charge in [-0.25, -0.2) is 0 Å². The number of ether oxygens (including phenoxy) is 2. The van der Waals surface area contributed by atoms with Gasteiger partial charge in [0.05, 0.1) is 11.1 Å². The molecule has 1 heterocycles. The van der Waals surface area contributed by atoms with Gasteiger partial charge in [0.1, 0.15) is 0 Å². The molecule has 1 aliphatic heterocycles. The molecule has 0 aromatic heterocycles. The molecule has 9 aromatic rings.